The van der Waals surface area contributed by atoms with Gasteiger partial charge in [-0.05, 0) is 31.5 Å². The molecule has 0 fully saturated rings. The van der Waals surface area contributed by atoms with E-state index in [2.05, 4.69) is 0 Å². The second-order valence-electron chi connectivity index (χ2n) is 4.36. The number of rotatable bonds is 4. The van der Waals surface area contributed by atoms with Crippen molar-refractivity contribution >= 4 is 11.7 Å². The largest absolute Gasteiger partial charge is 0.464 e. The van der Waals surface area contributed by atoms with Gasteiger partial charge in [0, 0.05) is 19.8 Å². The fourth-order valence-corrected chi connectivity index (χ4v) is 1.50. The highest BCUT2D eigenvalue weighted by Gasteiger charge is 2.31. The Kier molecular flexibility index (Phi) is 4.12. The van der Waals surface area contributed by atoms with E-state index in [1.807, 2.05) is 43.3 Å². The number of esters is 1. The van der Waals surface area contributed by atoms with Crippen molar-refractivity contribution in [3.63, 3.8) is 0 Å². The van der Waals surface area contributed by atoms with Crippen LogP contribution in [0, 0.1) is 0 Å². The van der Waals surface area contributed by atoms with Gasteiger partial charge < -0.3 is 15.4 Å². The van der Waals surface area contributed by atoms with Crippen molar-refractivity contribution < 1.29 is 9.53 Å². The fourth-order valence-electron chi connectivity index (χ4n) is 1.50. The highest BCUT2D eigenvalue weighted by molar-refractivity contribution is 5.82. The van der Waals surface area contributed by atoms with Crippen LogP contribution in [0.3, 0.4) is 0 Å². The van der Waals surface area contributed by atoms with E-state index >= 15 is 0 Å². The molecule has 0 heterocycles. The first-order valence-corrected chi connectivity index (χ1v) is 5.63. The van der Waals surface area contributed by atoms with Gasteiger partial charge in [-0.1, -0.05) is 12.1 Å². The summed E-state index contributed by atoms with van der Waals surface area (Å²) >= 11 is 0. The zero-order valence-corrected chi connectivity index (χ0v) is 10.9. The Hall–Kier alpha value is -1.55. The molecule has 4 nitrogen and oxygen atoms in total. The van der Waals surface area contributed by atoms with Crippen molar-refractivity contribution in [1.29, 1.82) is 0 Å². The van der Waals surface area contributed by atoms with Crippen LogP contribution in [0.4, 0.5) is 5.69 Å². The van der Waals surface area contributed by atoms with Gasteiger partial charge in [0.05, 0.1) is 6.61 Å². The van der Waals surface area contributed by atoms with Gasteiger partial charge in [0.2, 0.25) is 0 Å². The summed E-state index contributed by atoms with van der Waals surface area (Å²) in [6, 6.07) is 7.57. The first-order valence-electron chi connectivity index (χ1n) is 5.63. The molecule has 17 heavy (non-hydrogen) atoms. The predicted molar refractivity (Wildman–Crippen MR) is 68.9 cm³/mol. The number of hydrogen-bond donors (Lipinski definition) is 1. The van der Waals surface area contributed by atoms with Crippen LogP contribution in [0.15, 0.2) is 24.3 Å². The van der Waals surface area contributed by atoms with Crippen molar-refractivity contribution in [1.82, 2.24) is 0 Å². The highest BCUT2D eigenvalue weighted by atomic mass is 16.5. The van der Waals surface area contributed by atoms with E-state index in [0.717, 1.165) is 11.3 Å². The SMILES string of the molecule is CCOC(=O)C(C)(N)c1ccc(N(C)C)cc1. The highest BCUT2D eigenvalue weighted by Crippen LogP contribution is 2.22. The average Bonchev–Trinajstić information content (AvgIpc) is 2.29. The Balaban J connectivity index is 2.95. The Bertz CT molecular complexity index is 383. The van der Waals surface area contributed by atoms with Gasteiger partial charge in [-0.2, -0.15) is 0 Å². The molecule has 0 amide bonds. The minimum atomic E-state index is -1.10. The van der Waals surface area contributed by atoms with E-state index in [4.69, 9.17) is 10.5 Å². The van der Waals surface area contributed by atoms with Gasteiger partial charge in [-0.15, -0.1) is 0 Å². The quantitative estimate of drug-likeness (QED) is 0.805. The third kappa shape index (κ3) is 2.97. The third-order valence-electron chi connectivity index (χ3n) is 2.68. The zero-order valence-electron chi connectivity index (χ0n) is 10.9. The summed E-state index contributed by atoms with van der Waals surface area (Å²) in [5, 5.41) is 0. The molecular formula is C13H20N2O2. The van der Waals surface area contributed by atoms with E-state index in [1.54, 1.807) is 13.8 Å². The van der Waals surface area contributed by atoms with Gasteiger partial charge >= 0.3 is 5.97 Å². The number of nitrogens with two attached hydrogens (primary N) is 1. The van der Waals surface area contributed by atoms with Crippen LogP contribution >= 0.6 is 0 Å². The van der Waals surface area contributed by atoms with Gasteiger partial charge in [0.1, 0.15) is 5.54 Å². The topological polar surface area (TPSA) is 55.6 Å². The smallest absolute Gasteiger partial charge is 0.330 e. The van der Waals surface area contributed by atoms with E-state index in [9.17, 15) is 4.79 Å². The van der Waals surface area contributed by atoms with E-state index in [1.165, 1.54) is 0 Å². The molecular weight excluding hydrogens is 216 g/mol. The number of ether oxygens (including phenoxy) is 1. The summed E-state index contributed by atoms with van der Waals surface area (Å²) in [6.45, 7) is 3.76. The Labute approximate surface area is 102 Å². The minimum absolute atomic E-state index is 0.335. The molecule has 0 saturated heterocycles. The van der Waals surface area contributed by atoms with Gasteiger partial charge in [0.15, 0.2) is 0 Å². The molecule has 1 unspecified atom stereocenters. The molecule has 0 aliphatic rings. The van der Waals surface area contributed by atoms with Crippen LogP contribution in [0.2, 0.25) is 0 Å². The maximum atomic E-state index is 11.7. The molecule has 0 aromatic heterocycles. The lowest BCUT2D eigenvalue weighted by Crippen LogP contribution is -2.43. The molecule has 0 spiro atoms. The molecule has 0 radical (unpaired) electrons. The second kappa shape index (κ2) is 5.19. The van der Waals surface area contributed by atoms with Crippen molar-refractivity contribution in [2.24, 2.45) is 5.73 Å². The first kappa shape index (κ1) is 13.5. The molecule has 1 aromatic rings. The average molecular weight is 236 g/mol. The van der Waals surface area contributed by atoms with Crippen LogP contribution < -0.4 is 10.6 Å². The Morgan fingerprint density at radius 2 is 1.88 bits per heavy atom. The summed E-state index contributed by atoms with van der Waals surface area (Å²) in [5.74, 6) is -0.405. The standard InChI is InChI=1S/C13H20N2O2/c1-5-17-12(16)13(2,14)10-6-8-11(9-7-10)15(3)4/h6-9H,5,14H2,1-4H3. The minimum Gasteiger partial charge on any atom is -0.464 e. The molecule has 1 atom stereocenters. The van der Waals surface area contributed by atoms with Gasteiger partial charge in [-0.25, -0.2) is 4.79 Å². The molecule has 0 aliphatic carbocycles. The number of hydrogen-bond acceptors (Lipinski definition) is 4. The van der Waals surface area contributed by atoms with E-state index in [-0.39, 0.29) is 0 Å². The lowest BCUT2D eigenvalue weighted by molar-refractivity contribution is -0.149. The van der Waals surface area contributed by atoms with E-state index in [0.29, 0.717) is 6.61 Å². The van der Waals surface area contributed by atoms with Crippen LogP contribution in [0.1, 0.15) is 19.4 Å². The molecule has 2 N–H and O–H groups in total. The number of nitrogens with zero attached hydrogens (tertiary/aromatic N) is 1. The van der Waals surface area contributed by atoms with Crippen molar-refractivity contribution in [2.75, 3.05) is 25.6 Å². The van der Waals surface area contributed by atoms with Gasteiger partial charge in [-0.3, -0.25) is 0 Å². The van der Waals surface area contributed by atoms with Crippen LogP contribution in [0.5, 0.6) is 0 Å². The lowest BCUT2D eigenvalue weighted by atomic mass is 9.93. The molecule has 0 saturated carbocycles. The molecule has 94 valence electrons. The van der Waals surface area contributed by atoms with E-state index < -0.39 is 11.5 Å². The van der Waals surface area contributed by atoms with Crippen molar-refractivity contribution in [3.8, 4) is 0 Å². The first-order chi connectivity index (χ1) is 7.89. The normalized spacial score (nSPS) is 13.9. The summed E-state index contributed by atoms with van der Waals surface area (Å²) in [4.78, 5) is 13.7. The maximum Gasteiger partial charge on any atom is 0.330 e. The number of carbonyl (C=O) groups is 1. The van der Waals surface area contributed by atoms with Crippen molar-refractivity contribution in [3.05, 3.63) is 29.8 Å². The molecule has 4 heteroatoms. The van der Waals surface area contributed by atoms with Crippen LogP contribution in [0.25, 0.3) is 0 Å². The summed E-state index contributed by atoms with van der Waals surface area (Å²) in [6.07, 6.45) is 0. The monoisotopic (exact) mass is 236 g/mol. The third-order valence-corrected chi connectivity index (χ3v) is 2.68. The predicted octanol–water partition coefficient (Wildman–Crippen LogP) is 1.49. The second-order valence-corrected chi connectivity index (χ2v) is 4.36. The van der Waals surface area contributed by atoms with Crippen molar-refractivity contribution in [2.45, 2.75) is 19.4 Å². The number of anilines is 1. The van der Waals surface area contributed by atoms with Crippen LogP contribution in [-0.2, 0) is 15.1 Å². The fraction of sp³-hybridized carbons (Fsp3) is 0.462. The zero-order chi connectivity index (χ0) is 13.1. The molecule has 0 bridgehead atoms. The molecule has 1 aromatic carbocycles. The number of benzene rings is 1. The maximum absolute atomic E-state index is 11.7. The lowest BCUT2D eigenvalue weighted by Gasteiger charge is -2.23. The summed E-state index contributed by atoms with van der Waals surface area (Å²) in [5.41, 5.74) is 6.72. The Morgan fingerprint density at radius 3 is 2.29 bits per heavy atom. The summed E-state index contributed by atoms with van der Waals surface area (Å²) < 4.78 is 4.96. The molecule has 0 aliphatic heterocycles. The Morgan fingerprint density at radius 1 is 1.35 bits per heavy atom. The van der Waals surface area contributed by atoms with Gasteiger partial charge in [0.25, 0.3) is 0 Å². The molecule has 1 rings (SSSR count). The number of carbonyl (C=O) groups excluding carboxylic acids is 1. The summed E-state index contributed by atoms with van der Waals surface area (Å²) in [7, 11) is 3.92. The van der Waals surface area contributed by atoms with Crippen LogP contribution in [-0.4, -0.2) is 26.7 Å².